The van der Waals surface area contributed by atoms with E-state index in [9.17, 15) is 4.79 Å². The molecule has 4 heteroatoms. The van der Waals surface area contributed by atoms with E-state index in [1.807, 2.05) is 13.0 Å². The van der Waals surface area contributed by atoms with Crippen LogP contribution in [-0.4, -0.2) is 22.2 Å². The van der Waals surface area contributed by atoms with Gasteiger partial charge in [0.2, 0.25) is 0 Å². The first-order chi connectivity index (χ1) is 5.16. The molecule has 1 saturated heterocycles. The minimum Gasteiger partial charge on any atom is -0.296 e. The van der Waals surface area contributed by atoms with Gasteiger partial charge in [0.15, 0.2) is 0 Å². The molecule has 1 aliphatic rings. The summed E-state index contributed by atoms with van der Waals surface area (Å²) in [7, 11) is 1.70. The van der Waals surface area contributed by atoms with E-state index in [-0.39, 0.29) is 5.91 Å². The van der Waals surface area contributed by atoms with Gasteiger partial charge in [-0.05, 0) is 6.42 Å². The molecule has 0 bridgehead atoms. The van der Waals surface area contributed by atoms with Gasteiger partial charge in [0.1, 0.15) is 4.32 Å². The summed E-state index contributed by atoms with van der Waals surface area (Å²) >= 11 is 6.31. The molecule has 1 rings (SSSR count). The summed E-state index contributed by atoms with van der Waals surface area (Å²) in [6, 6.07) is 0. The molecule has 0 spiro atoms. The maximum absolute atomic E-state index is 11.3. The van der Waals surface area contributed by atoms with E-state index in [0.29, 0.717) is 4.32 Å². The highest BCUT2D eigenvalue weighted by Crippen LogP contribution is 2.29. The first kappa shape index (κ1) is 8.74. The van der Waals surface area contributed by atoms with Gasteiger partial charge in [0.05, 0.1) is 4.91 Å². The molecule has 0 unspecified atom stereocenters. The van der Waals surface area contributed by atoms with E-state index in [1.54, 1.807) is 7.05 Å². The molecule has 11 heavy (non-hydrogen) atoms. The maximum Gasteiger partial charge on any atom is 0.265 e. The fraction of sp³-hybridized carbons (Fsp3) is 0.429. The van der Waals surface area contributed by atoms with E-state index < -0.39 is 0 Å². The fourth-order valence-corrected chi connectivity index (χ4v) is 2.00. The van der Waals surface area contributed by atoms with Crippen molar-refractivity contribution in [2.75, 3.05) is 7.05 Å². The number of carbonyl (C=O) groups is 1. The highest BCUT2D eigenvalue weighted by atomic mass is 32.2. The van der Waals surface area contributed by atoms with Gasteiger partial charge in [-0.25, -0.2) is 0 Å². The Morgan fingerprint density at radius 3 is 2.73 bits per heavy atom. The number of hydrogen-bond acceptors (Lipinski definition) is 3. The van der Waals surface area contributed by atoms with Crippen LogP contribution < -0.4 is 0 Å². The second-order valence-corrected chi connectivity index (χ2v) is 3.88. The minimum absolute atomic E-state index is 0.0295. The van der Waals surface area contributed by atoms with Crippen molar-refractivity contribution >= 4 is 34.2 Å². The Morgan fingerprint density at radius 1 is 1.73 bits per heavy atom. The Labute approximate surface area is 75.6 Å². The molecule has 60 valence electrons. The van der Waals surface area contributed by atoms with Gasteiger partial charge in [-0.2, -0.15) is 0 Å². The SMILES string of the molecule is CC/C=C1/SC(=S)N(C)C1=O. The van der Waals surface area contributed by atoms with Crippen molar-refractivity contribution in [2.45, 2.75) is 13.3 Å². The highest BCUT2D eigenvalue weighted by molar-refractivity contribution is 8.26. The van der Waals surface area contributed by atoms with Gasteiger partial charge in [0.25, 0.3) is 5.91 Å². The number of nitrogens with zero attached hydrogens (tertiary/aromatic N) is 1. The predicted molar refractivity (Wildman–Crippen MR) is 51.3 cm³/mol. The maximum atomic E-state index is 11.3. The van der Waals surface area contributed by atoms with Crippen LogP contribution in [0.2, 0.25) is 0 Å². The summed E-state index contributed by atoms with van der Waals surface area (Å²) in [5, 5.41) is 0. The van der Waals surface area contributed by atoms with Crippen LogP contribution in [0.4, 0.5) is 0 Å². The van der Waals surface area contributed by atoms with Crippen LogP contribution in [-0.2, 0) is 4.79 Å². The number of likely N-dealkylation sites (N-methyl/N-ethyl adjacent to an activating group) is 1. The first-order valence-corrected chi connectivity index (χ1v) is 4.59. The summed E-state index contributed by atoms with van der Waals surface area (Å²) in [5.41, 5.74) is 0. The molecule has 0 saturated carbocycles. The van der Waals surface area contributed by atoms with E-state index >= 15 is 0 Å². The molecule has 0 atom stereocenters. The molecule has 1 fully saturated rings. The van der Waals surface area contributed by atoms with Crippen LogP contribution in [0.3, 0.4) is 0 Å². The van der Waals surface area contributed by atoms with Crippen molar-refractivity contribution in [2.24, 2.45) is 0 Å². The summed E-state index contributed by atoms with van der Waals surface area (Å²) in [5.74, 6) is 0.0295. The molecule has 0 radical (unpaired) electrons. The lowest BCUT2D eigenvalue weighted by atomic mass is 10.4. The lowest BCUT2D eigenvalue weighted by molar-refractivity contribution is -0.121. The smallest absolute Gasteiger partial charge is 0.265 e. The number of rotatable bonds is 1. The standard InChI is InChI=1S/C7H9NOS2/c1-3-4-5-6(9)8(2)7(10)11-5/h4H,3H2,1-2H3/b5-4+. The fourth-order valence-electron chi connectivity index (χ4n) is 0.769. The van der Waals surface area contributed by atoms with Crippen LogP contribution in [0.15, 0.2) is 11.0 Å². The number of carbonyl (C=O) groups excluding carboxylic acids is 1. The molecule has 1 aliphatic heterocycles. The Bertz CT molecular complexity index is 235. The molecular formula is C7H9NOS2. The number of thiocarbonyl (C=S) groups is 1. The van der Waals surface area contributed by atoms with Gasteiger partial charge in [-0.3, -0.25) is 9.69 Å². The largest absolute Gasteiger partial charge is 0.296 e. The zero-order valence-electron chi connectivity index (χ0n) is 6.46. The lowest BCUT2D eigenvalue weighted by Gasteiger charge is -2.03. The monoisotopic (exact) mass is 187 g/mol. The van der Waals surface area contributed by atoms with E-state index in [2.05, 4.69) is 0 Å². The number of hydrogen-bond donors (Lipinski definition) is 0. The summed E-state index contributed by atoms with van der Waals surface area (Å²) in [4.78, 5) is 13.5. The van der Waals surface area contributed by atoms with Crippen LogP contribution >= 0.6 is 24.0 Å². The van der Waals surface area contributed by atoms with Crippen molar-refractivity contribution in [3.63, 3.8) is 0 Å². The second-order valence-electron chi connectivity index (χ2n) is 2.21. The van der Waals surface area contributed by atoms with E-state index in [4.69, 9.17) is 12.2 Å². The Morgan fingerprint density at radius 2 is 2.36 bits per heavy atom. The average molecular weight is 187 g/mol. The number of amides is 1. The Kier molecular flexibility index (Phi) is 2.67. The van der Waals surface area contributed by atoms with Crippen molar-refractivity contribution < 1.29 is 4.79 Å². The molecule has 0 aliphatic carbocycles. The summed E-state index contributed by atoms with van der Waals surface area (Å²) in [6.07, 6.45) is 2.79. The average Bonchev–Trinajstić information content (AvgIpc) is 2.19. The lowest BCUT2D eigenvalue weighted by Crippen LogP contribution is -2.22. The normalized spacial score (nSPS) is 22.0. The number of thioether (sulfide) groups is 1. The van der Waals surface area contributed by atoms with Gasteiger partial charge in [0, 0.05) is 7.05 Å². The Hall–Kier alpha value is -0.350. The molecule has 1 amide bonds. The summed E-state index contributed by atoms with van der Waals surface area (Å²) < 4.78 is 0.648. The number of allylic oxidation sites excluding steroid dienone is 1. The molecule has 2 nitrogen and oxygen atoms in total. The van der Waals surface area contributed by atoms with Crippen molar-refractivity contribution in [1.29, 1.82) is 0 Å². The van der Waals surface area contributed by atoms with Crippen molar-refractivity contribution in [3.05, 3.63) is 11.0 Å². The van der Waals surface area contributed by atoms with Gasteiger partial charge >= 0.3 is 0 Å². The Balaban J connectivity index is 2.83. The summed E-state index contributed by atoms with van der Waals surface area (Å²) in [6.45, 7) is 2.00. The third-order valence-corrected chi connectivity index (χ3v) is 2.91. The van der Waals surface area contributed by atoms with Crippen LogP contribution in [0.1, 0.15) is 13.3 Å². The third-order valence-electron chi connectivity index (χ3n) is 1.38. The topological polar surface area (TPSA) is 20.3 Å². The second kappa shape index (κ2) is 3.36. The quantitative estimate of drug-likeness (QED) is 0.461. The predicted octanol–water partition coefficient (Wildman–Crippen LogP) is 1.77. The first-order valence-electron chi connectivity index (χ1n) is 3.36. The van der Waals surface area contributed by atoms with E-state index in [0.717, 1.165) is 11.3 Å². The van der Waals surface area contributed by atoms with Crippen LogP contribution in [0, 0.1) is 0 Å². The van der Waals surface area contributed by atoms with Crippen molar-refractivity contribution in [1.82, 2.24) is 4.90 Å². The van der Waals surface area contributed by atoms with E-state index in [1.165, 1.54) is 16.7 Å². The van der Waals surface area contributed by atoms with Gasteiger partial charge in [-0.15, -0.1) is 0 Å². The van der Waals surface area contributed by atoms with Crippen LogP contribution in [0.5, 0.6) is 0 Å². The van der Waals surface area contributed by atoms with Gasteiger partial charge < -0.3 is 0 Å². The molecule has 0 aromatic carbocycles. The van der Waals surface area contributed by atoms with Gasteiger partial charge in [-0.1, -0.05) is 37.0 Å². The third kappa shape index (κ3) is 1.62. The van der Waals surface area contributed by atoms with Crippen molar-refractivity contribution in [3.8, 4) is 0 Å². The molecule has 0 N–H and O–H groups in total. The zero-order valence-corrected chi connectivity index (χ0v) is 8.09. The molecule has 0 aromatic heterocycles. The molecule has 1 heterocycles. The highest BCUT2D eigenvalue weighted by Gasteiger charge is 2.27. The van der Waals surface area contributed by atoms with Crippen LogP contribution in [0.25, 0.3) is 0 Å². The molecular weight excluding hydrogens is 178 g/mol. The zero-order chi connectivity index (χ0) is 8.43. The minimum atomic E-state index is 0.0295. The molecule has 0 aromatic rings.